The number of pyridine rings is 1. The largest absolute Gasteiger partial charge is 0.491 e. The van der Waals surface area contributed by atoms with Crippen molar-refractivity contribution in [1.29, 1.82) is 0 Å². The molecule has 2 heterocycles. The molecule has 14 heteroatoms. The van der Waals surface area contributed by atoms with Crippen molar-refractivity contribution in [3.05, 3.63) is 95.3 Å². The first-order valence-electron chi connectivity index (χ1n) is 20.1. The molecule has 5 amide bonds. The van der Waals surface area contributed by atoms with Crippen molar-refractivity contribution in [3.8, 4) is 5.75 Å². The Morgan fingerprint density at radius 3 is 2.21 bits per heavy atom. The number of hydrogen-bond donors (Lipinski definition) is 4. The number of aryl methyl sites for hydroxylation is 1. The van der Waals surface area contributed by atoms with Gasteiger partial charge in [0.15, 0.2) is 0 Å². The Balaban J connectivity index is 1.62. The first-order chi connectivity index (χ1) is 27.5. The van der Waals surface area contributed by atoms with E-state index in [0.717, 1.165) is 22.5 Å². The van der Waals surface area contributed by atoms with Gasteiger partial charge in [-0.05, 0) is 73.9 Å². The summed E-state index contributed by atoms with van der Waals surface area (Å²) in [5, 5.41) is 19.5. The monoisotopic (exact) mass is 801 g/mol. The molecule has 0 radical (unpaired) electrons. The molecule has 1 fully saturated rings. The Labute approximate surface area is 343 Å². The number of ether oxygens (including phenoxy) is 2. The van der Waals surface area contributed by atoms with Crippen LogP contribution in [0.2, 0.25) is 0 Å². The van der Waals surface area contributed by atoms with E-state index in [9.17, 15) is 24.3 Å². The van der Waals surface area contributed by atoms with Crippen molar-refractivity contribution >= 4 is 23.9 Å². The minimum atomic E-state index is -1.20. The Bertz CT molecular complexity index is 1800. The second kappa shape index (κ2) is 21.0. The number of nitrogens with zero attached hydrogens (tertiary/aromatic N) is 4. The highest BCUT2D eigenvalue weighted by molar-refractivity contribution is 5.88. The van der Waals surface area contributed by atoms with Crippen molar-refractivity contribution in [3.63, 3.8) is 0 Å². The molecule has 1 aliphatic rings. The number of aliphatic hydroxyl groups is 1. The quantitative estimate of drug-likeness (QED) is 0.119. The van der Waals surface area contributed by atoms with Crippen LogP contribution in [0.4, 0.5) is 9.59 Å². The fourth-order valence-electron chi connectivity index (χ4n) is 6.98. The van der Waals surface area contributed by atoms with Crippen LogP contribution in [0.15, 0.2) is 72.8 Å². The summed E-state index contributed by atoms with van der Waals surface area (Å²) in [6.45, 7) is 16.4. The van der Waals surface area contributed by atoms with Gasteiger partial charge in [0.2, 0.25) is 5.91 Å². The van der Waals surface area contributed by atoms with Crippen molar-refractivity contribution in [2.24, 2.45) is 11.3 Å². The number of benzene rings is 2. The summed E-state index contributed by atoms with van der Waals surface area (Å²) in [6, 6.07) is 19.8. The fraction of sp³-hybridized carbons (Fsp3) is 0.523. The maximum Gasteiger partial charge on any atom is 0.407 e. The van der Waals surface area contributed by atoms with Crippen LogP contribution in [-0.2, 0) is 33.8 Å². The third kappa shape index (κ3) is 13.2. The molecule has 1 aromatic heterocycles. The molecule has 316 valence electrons. The normalized spacial score (nSPS) is 15.8. The van der Waals surface area contributed by atoms with Gasteiger partial charge in [-0.1, -0.05) is 89.6 Å². The molecule has 0 bridgehead atoms. The van der Waals surface area contributed by atoms with Crippen molar-refractivity contribution < 1.29 is 33.8 Å². The van der Waals surface area contributed by atoms with Crippen LogP contribution in [0.3, 0.4) is 0 Å². The summed E-state index contributed by atoms with van der Waals surface area (Å²) >= 11 is 0. The van der Waals surface area contributed by atoms with E-state index < -0.39 is 41.6 Å². The maximum absolute atomic E-state index is 14.5. The Hall–Kier alpha value is -5.21. The molecule has 0 saturated carbocycles. The molecule has 4 rings (SSSR count). The van der Waals surface area contributed by atoms with Gasteiger partial charge < -0.3 is 35.0 Å². The molecule has 2 aromatic carbocycles. The first-order valence-corrected chi connectivity index (χ1v) is 20.1. The summed E-state index contributed by atoms with van der Waals surface area (Å²) in [5.74, 6) is -0.379. The first kappa shape index (κ1) is 45.5. The summed E-state index contributed by atoms with van der Waals surface area (Å²) in [4.78, 5) is 62.5. The number of aliphatic hydroxyl groups excluding tert-OH is 1. The highest BCUT2D eigenvalue weighted by Gasteiger charge is 2.41. The molecule has 0 aliphatic carbocycles. The van der Waals surface area contributed by atoms with Gasteiger partial charge in [-0.25, -0.2) is 14.6 Å². The molecule has 0 unspecified atom stereocenters. The molecule has 0 spiro atoms. The predicted molar refractivity (Wildman–Crippen MR) is 222 cm³/mol. The van der Waals surface area contributed by atoms with Gasteiger partial charge in [0.05, 0.1) is 37.6 Å². The SMILES string of the molecule is CC[C@H](C)[C@@H](C(=O)N[C@@H](Cc1ccccc1)[C@@H](O)CN(Cc1ccc(OC(C)C)cc1)NC(=O)[C@@H](NC(=O)OC)C(C)(C)C)N1CCN(Cc2cccc(C)n2)C1=O. The zero-order valence-electron chi connectivity index (χ0n) is 35.5. The van der Waals surface area contributed by atoms with Gasteiger partial charge >= 0.3 is 12.1 Å². The standard InChI is InChI=1S/C44H63N7O7/c1-10-30(4)38(51-24-23-49(43(51)56)27-34-18-14-15-31(5)45-34)40(53)46-36(25-32-16-12-11-13-17-32)37(52)28-50(26-33-19-21-35(22-20-33)58-29(2)3)48-41(54)39(44(6,7)8)47-42(55)57-9/h11-22,29-30,36-39,52H,10,23-28H2,1-9H3,(H,46,53)(H,47,55)(H,48,54)/t30-,36-,37-,38-,39+/m0/s1. The summed E-state index contributed by atoms with van der Waals surface area (Å²) in [7, 11) is 1.23. The number of urea groups is 1. The van der Waals surface area contributed by atoms with E-state index >= 15 is 0 Å². The number of hydrogen-bond acceptors (Lipinski definition) is 9. The minimum Gasteiger partial charge on any atom is -0.491 e. The smallest absolute Gasteiger partial charge is 0.407 e. The Kier molecular flexibility index (Phi) is 16.5. The van der Waals surface area contributed by atoms with Crippen LogP contribution >= 0.6 is 0 Å². The van der Waals surface area contributed by atoms with Gasteiger partial charge in [-0.2, -0.15) is 0 Å². The molecular formula is C44H63N7O7. The van der Waals surface area contributed by atoms with Gasteiger partial charge in [-0.3, -0.25) is 20.0 Å². The van der Waals surface area contributed by atoms with E-state index in [1.54, 1.807) is 14.8 Å². The molecular weight excluding hydrogens is 739 g/mol. The van der Waals surface area contributed by atoms with E-state index in [0.29, 0.717) is 31.8 Å². The number of aromatic nitrogens is 1. The third-order valence-electron chi connectivity index (χ3n) is 10.2. The summed E-state index contributed by atoms with van der Waals surface area (Å²) in [6.07, 6.45) is -1.05. The van der Waals surface area contributed by atoms with Gasteiger partial charge in [0.25, 0.3) is 5.91 Å². The van der Waals surface area contributed by atoms with Gasteiger partial charge in [0.1, 0.15) is 17.8 Å². The number of methoxy groups -OCH3 is 1. The molecule has 5 atom stereocenters. The molecule has 1 aliphatic heterocycles. The number of alkyl carbamates (subject to hydrolysis) is 1. The average molecular weight is 802 g/mol. The maximum atomic E-state index is 14.5. The second-order valence-electron chi connectivity index (χ2n) is 16.5. The average Bonchev–Trinajstić information content (AvgIpc) is 3.51. The van der Waals surface area contributed by atoms with Crippen LogP contribution in [0, 0.1) is 18.3 Å². The van der Waals surface area contributed by atoms with E-state index in [-0.39, 0.29) is 43.5 Å². The van der Waals surface area contributed by atoms with Gasteiger partial charge in [0, 0.05) is 31.9 Å². The van der Waals surface area contributed by atoms with Gasteiger partial charge in [-0.15, -0.1) is 0 Å². The van der Waals surface area contributed by atoms with E-state index in [1.807, 2.05) is 128 Å². The molecule has 58 heavy (non-hydrogen) atoms. The van der Waals surface area contributed by atoms with Crippen molar-refractivity contribution in [2.45, 2.75) is 112 Å². The van der Waals surface area contributed by atoms with Crippen LogP contribution in [0.5, 0.6) is 5.75 Å². The van der Waals surface area contributed by atoms with E-state index in [2.05, 4.69) is 21.0 Å². The molecule has 14 nitrogen and oxygen atoms in total. The predicted octanol–water partition coefficient (Wildman–Crippen LogP) is 5.22. The lowest BCUT2D eigenvalue weighted by Gasteiger charge is -2.36. The summed E-state index contributed by atoms with van der Waals surface area (Å²) in [5.41, 5.74) is 5.57. The third-order valence-corrected chi connectivity index (χ3v) is 10.2. The fourth-order valence-corrected chi connectivity index (χ4v) is 6.98. The van der Waals surface area contributed by atoms with E-state index in [4.69, 9.17) is 9.47 Å². The zero-order valence-corrected chi connectivity index (χ0v) is 35.5. The number of rotatable bonds is 19. The molecule has 3 aromatic rings. The van der Waals surface area contributed by atoms with Crippen molar-refractivity contribution in [1.82, 2.24) is 35.9 Å². The summed E-state index contributed by atoms with van der Waals surface area (Å²) < 4.78 is 10.6. The highest BCUT2D eigenvalue weighted by Crippen LogP contribution is 2.24. The molecule has 4 N–H and O–H groups in total. The van der Waals surface area contributed by atoms with Crippen molar-refractivity contribution in [2.75, 3.05) is 26.7 Å². The molecule has 1 saturated heterocycles. The Morgan fingerprint density at radius 2 is 1.60 bits per heavy atom. The van der Waals surface area contributed by atoms with E-state index in [1.165, 1.54) is 7.11 Å². The second-order valence-corrected chi connectivity index (χ2v) is 16.5. The topological polar surface area (TPSA) is 166 Å². The lowest BCUT2D eigenvalue weighted by Crippen LogP contribution is -2.60. The zero-order chi connectivity index (χ0) is 42.6. The number of carbonyl (C=O) groups is 4. The Morgan fingerprint density at radius 1 is 0.914 bits per heavy atom. The van der Waals surface area contributed by atoms with Crippen LogP contribution in [0.1, 0.15) is 77.4 Å². The number of amides is 5. The lowest BCUT2D eigenvalue weighted by atomic mass is 9.86. The lowest BCUT2D eigenvalue weighted by molar-refractivity contribution is -0.132. The number of carbonyl (C=O) groups excluding carboxylic acids is 4. The number of hydrazine groups is 1. The van der Waals surface area contributed by atoms with Crippen LogP contribution in [0.25, 0.3) is 0 Å². The van der Waals surface area contributed by atoms with Crippen LogP contribution < -0.4 is 20.8 Å². The highest BCUT2D eigenvalue weighted by atomic mass is 16.5. The number of nitrogens with one attached hydrogen (secondary N) is 3. The van der Waals surface area contributed by atoms with Crippen LogP contribution in [-0.4, -0.2) is 106 Å². The minimum absolute atomic E-state index is 0.0106.